The predicted octanol–water partition coefficient (Wildman–Crippen LogP) is 5.57. The lowest BCUT2D eigenvalue weighted by atomic mass is 9.55. The highest BCUT2D eigenvalue weighted by atomic mass is 16.5. The first kappa shape index (κ1) is 22.7. The first-order valence-electron chi connectivity index (χ1n) is 12.9. The summed E-state index contributed by atoms with van der Waals surface area (Å²) in [7, 11) is 1.97. The largest absolute Gasteiger partial charge is 0.370 e. The number of piperidine rings is 1. The molecule has 3 aliphatic rings. The van der Waals surface area contributed by atoms with Crippen molar-refractivity contribution >= 4 is 17.1 Å². The summed E-state index contributed by atoms with van der Waals surface area (Å²) >= 11 is 0. The second kappa shape index (κ2) is 8.61. The monoisotopic (exact) mass is 452 g/mol. The Morgan fingerprint density at radius 2 is 2.00 bits per heavy atom. The third-order valence-corrected chi connectivity index (χ3v) is 8.97. The van der Waals surface area contributed by atoms with E-state index in [1.54, 1.807) is 0 Å². The number of H-pyrrole nitrogens is 1. The summed E-state index contributed by atoms with van der Waals surface area (Å²) < 4.78 is 5.87. The molecule has 5 rings (SSSR count). The number of fused-ring (bicyclic) bond motifs is 2. The number of nitrogens with zero attached hydrogens (tertiary/aromatic N) is 3. The van der Waals surface area contributed by atoms with Gasteiger partial charge in [0.1, 0.15) is 11.9 Å². The molecule has 1 aromatic carbocycles. The fourth-order valence-electron chi connectivity index (χ4n) is 6.16. The Kier molecular flexibility index (Phi) is 5.92. The number of urea groups is 1. The molecule has 0 bridgehead atoms. The molecular formula is C27H40N4O2. The predicted molar refractivity (Wildman–Crippen MR) is 132 cm³/mol. The lowest BCUT2D eigenvalue weighted by molar-refractivity contribution is 0.106. The Hall–Kier alpha value is -2.08. The summed E-state index contributed by atoms with van der Waals surface area (Å²) in [5, 5.41) is 0. The Labute approximate surface area is 198 Å². The molecule has 0 radical (unpaired) electrons. The number of benzene rings is 1. The standard InChI is InChI=1S/C27H40N4O2/c1-26(2)11-10-19-17-21-22(29-24(28-21)23-9-8-16-33-23)18-20(19)27(26,3)12-15-30(4)25(32)31-13-6-5-7-14-31/h17-18,23H,5-16H2,1-4H3,(H,28,29)/t23-,27-/m0/s1. The Bertz CT molecular complexity index is 1020. The van der Waals surface area contributed by atoms with E-state index in [1.807, 2.05) is 16.8 Å². The van der Waals surface area contributed by atoms with Crippen LogP contribution in [0.3, 0.4) is 0 Å². The van der Waals surface area contributed by atoms with Crippen molar-refractivity contribution < 1.29 is 9.53 Å². The fourth-order valence-corrected chi connectivity index (χ4v) is 6.16. The zero-order valence-corrected chi connectivity index (χ0v) is 20.9. The summed E-state index contributed by atoms with van der Waals surface area (Å²) in [6, 6.07) is 4.84. The fraction of sp³-hybridized carbons (Fsp3) is 0.704. The van der Waals surface area contributed by atoms with Crippen molar-refractivity contribution in [2.24, 2.45) is 5.41 Å². The Morgan fingerprint density at radius 1 is 1.21 bits per heavy atom. The molecular weight excluding hydrogens is 412 g/mol. The molecule has 180 valence electrons. The smallest absolute Gasteiger partial charge is 0.319 e. The number of carbonyl (C=O) groups is 1. The van der Waals surface area contributed by atoms with Gasteiger partial charge in [0.25, 0.3) is 0 Å². The molecule has 1 aliphatic carbocycles. The van der Waals surface area contributed by atoms with Gasteiger partial charge in [0.2, 0.25) is 0 Å². The first-order valence-corrected chi connectivity index (χ1v) is 12.9. The molecule has 2 saturated heterocycles. The maximum absolute atomic E-state index is 13.0. The van der Waals surface area contributed by atoms with Gasteiger partial charge in [-0.25, -0.2) is 9.78 Å². The number of hydrogen-bond donors (Lipinski definition) is 1. The topological polar surface area (TPSA) is 61.5 Å². The van der Waals surface area contributed by atoms with Gasteiger partial charge in [0.05, 0.1) is 11.0 Å². The van der Waals surface area contributed by atoms with Crippen LogP contribution in [0, 0.1) is 5.41 Å². The zero-order valence-electron chi connectivity index (χ0n) is 20.9. The van der Waals surface area contributed by atoms with Crippen LogP contribution in [-0.4, -0.2) is 59.1 Å². The summed E-state index contributed by atoms with van der Waals surface area (Å²) in [4.78, 5) is 25.5. The van der Waals surface area contributed by atoms with Crippen molar-refractivity contribution in [3.63, 3.8) is 0 Å². The quantitative estimate of drug-likeness (QED) is 0.659. The van der Waals surface area contributed by atoms with Crippen LogP contribution >= 0.6 is 0 Å². The van der Waals surface area contributed by atoms with Gasteiger partial charge in [0, 0.05) is 33.3 Å². The molecule has 2 aromatic rings. The van der Waals surface area contributed by atoms with Crippen molar-refractivity contribution in [1.82, 2.24) is 19.8 Å². The van der Waals surface area contributed by atoms with E-state index in [2.05, 4.69) is 37.9 Å². The van der Waals surface area contributed by atoms with Crippen LogP contribution in [0.1, 0.15) is 88.8 Å². The second-order valence-electron chi connectivity index (χ2n) is 11.4. The number of rotatable bonds is 4. The summed E-state index contributed by atoms with van der Waals surface area (Å²) in [5.74, 6) is 0.970. The molecule has 0 unspecified atom stereocenters. The third-order valence-electron chi connectivity index (χ3n) is 8.97. The Balaban J connectivity index is 1.41. The van der Waals surface area contributed by atoms with Gasteiger partial charge in [-0.3, -0.25) is 0 Å². The van der Waals surface area contributed by atoms with Crippen molar-refractivity contribution in [3.8, 4) is 0 Å². The van der Waals surface area contributed by atoms with Crippen LogP contribution in [0.25, 0.3) is 11.0 Å². The highest BCUT2D eigenvalue weighted by molar-refractivity contribution is 5.78. The Morgan fingerprint density at radius 3 is 2.73 bits per heavy atom. The van der Waals surface area contributed by atoms with Gasteiger partial charge in [0.15, 0.2) is 0 Å². The van der Waals surface area contributed by atoms with E-state index < -0.39 is 0 Å². The van der Waals surface area contributed by atoms with E-state index in [1.165, 1.54) is 17.5 Å². The third kappa shape index (κ3) is 4.05. The number of imidazole rings is 1. The lowest BCUT2D eigenvalue weighted by Crippen LogP contribution is -2.48. The van der Waals surface area contributed by atoms with Crippen molar-refractivity contribution in [3.05, 3.63) is 29.1 Å². The minimum Gasteiger partial charge on any atom is -0.370 e. The van der Waals surface area contributed by atoms with Gasteiger partial charge in [-0.1, -0.05) is 20.8 Å². The number of aryl methyl sites for hydroxylation is 1. The first-order chi connectivity index (χ1) is 15.8. The molecule has 2 fully saturated rings. The van der Waals surface area contributed by atoms with E-state index >= 15 is 0 Å². The number of aromatic nitrogens is 2. The lowest BCUT2D eigenvalue weighted by Gasteiger charge is -2.50. The number of amides is 2. The summed E-state index contributed by atoms with van der Waals surface area (Å²) in [6.07, 6.45) is 8.95. The molecule has 0 spiro atoms. The molecule has 2 aliphatic heterocycles. The normalized spacial score (nSPS) is 27.0. The van der Waals surface area contributed by atoms with E-state index in [0.717, 1.165) is 88.0 Å². The number of aromatic amines is 1. The average molecular weight is 453 g/mol. The van der Waals surface area contributed by atoms with Crippen molar-refractivity contribution in [1.29, 1.82) is 0 Å². The molecule has 3 heterocycles. The second-order valence-corrected chi connectivity index (χ2v) is 11.4. The molecule has 1 aromatic heterocycles. The van der Waals surface area contributed by atoms with E-state index in [4.69, 9.17) is 9.72 Å². The van der Waals surface area contributed by atoms with Crippen LogP contribution < -0.4 is 0 Å². The van der Waals surface area contributed by atoms with E-state index in [-0.39, 0.29) is 23.0 Å². The number of ether oxygens (including phenoxy) is 1. The number of carbonyl (C=O) groups excluding carboxylic acids is 1. The average Bonchev–Trinajstić information content (AvgIpc) is 3.49. The van der Waals surface area contributed by atoms with Gasteiger partial charge in [-0.15, -0.1) is 0 Å². The van der Waals surface area contributed by atoms with Gasteiger partial charge in [-0.05, 0) is 85.5 Å². The molecule has 2 amide bonds. The SMILES string of the molecule is CN(CC[C@@]1(C)c2cc3nc([C@@H]4CCCO4)[nH]c3cc2CCC1(C)C)C(=O)N1CCCCC1. The van der Waals surface area contributed by atoms with Crippen LogP contribution in [0.2, 0.25) is 0 Å². The van der Waals surface area contributed by atoms with Crippen molar-refractivity contribution in [2.75, 3.05) is 33.3 Å². The number of hydrogen-bond acceptors (Lipinski definition) is 3. The van der Waals surface area contributed by atoms with Gasteiger partial charge >= 0.3 is 6.03 Å². The number of nitrogens with one attached hydrogen (secondary N) is 1. The van der Waals surface area contributed by atoms with E-state index in [9.17, 15) is 4.79 Å². The maximum Gasteiger partial charge on any atom is 0.319 e. The molecule has 33 heavy (non-hydrogen) atoms. The molecule has 2 atom stereocenters. The van der Waals surface area contributed by atoms with Crippen LogP contribution in [0.4, 0.5) is 4.79 Å². The van der Waals surface area contributed by atoms with Crippen molar-refractivity contribution in [2.45, 2.75) is 83.7 Å². The zero-order chi connectivity index (χ0) is 23.2. The minimum absolute atomic E-state index is 0.0197. The molecule has 0 saturated carbocycles. The van der Waals surface area contributed by atoms with Crippen LogP contribution in [0.5, 0.6) is 0 Å². The molecule has 1 N–H and O–H groups in total. The highest BCUT2D eigenvalue weighted by Gasteiger charge is 2.46. The maximum atomic E-state index is 13.0. The molecule has 6 heteroatoms. The highest BCUT2D eigenvalue weighted by Crippen LogP contribution is 2.52. The van der Waals surface area contributed by atoms with E-state index in [0.29, 0.717) is 0 Å². The van der Waals surface area contributed by atoms with Crippen LogP contribution in [-0.2, 0) is 16.6 Å². The minimum atomic E-state index is -0.0197. The summed E-state index contributed by atoms with van der Waals surface area (Å²) in [5.41, 5.74) is 5.14. The number of likely N-dealkylation sites (tertiary alicyclic amines) is 1. The summed E-state index contributed by atoms with van der Waals surface area (Å²) in [6.45, 7) is 10.6. The molecule has 6 nitrogen and oxygen atoms in total. The van der Waals surface area contributed by atoms with Gasteiger partial charge < -0.3 is 19.5 Å². The van der Waals surface area contributed by atoms with Gasteiger partial charge in [-0.2, -0.15) is 0 Å². The van der Waals surface area contributed by atoms with Crippen LogP contribution in [0.15, 0.2) is 12.1 Å².